The van der Waals surface area contributed by atoms with E-state index in [9.17, 15) is 9.59 Å². The molecule has 2 saturated heterocycles. The van der Waals surface area contributed by atoms with Crippen LogP contribution in [0, 0.1) is 11.8 Å². The van der Waals surface area contributed by atoms with Crippen molar-refractivity contribution in [3.63, 3.8) is 0 Å². The van der Waals surface area contributed by atoms with Crippen LogP contribution in [0.5, 0.6) is 0 Å². The molecule has 5 nitrogen and oxygen atoms in total. The van der Waals surface area contributed by atoms with Gasteiger partial charge in [-0.1, -0.05) is 18.5 Å². The summed E-state index contributed by atoms with van der Waals surface area (Å²) in [6, 6.07) is 5.40. The van der Waals surface area contributed by atoms with Crippen LogP contribution in [0.1, 0.15) is 43.5 Å². The van der Waals surface area contributed by atoms with E-state index < -0.39 is 0 Å². The number of nitrogens with one attached hydrogen (secondary N) is 2. The highest BCUT2D eigenvalue weighted by Gasteiger charge is 2.29. The predicted molar refractivity (Wildman–Crippen MR) is 100.0 cm³/mol. The fraction of sp³-hybridized carbons (Fsp3) is 0.579. The number of hydrogen-bond acceptors (Lipinski definition) is 3. The molecule has 0 bridgehead atoms. The lowest BCUT2D eigenvalue weighted by Crippen LogP contribution is -2.48. The van der Waals surface area contributed by atoms with Crippen LogP contribution in [0.25, 0.3) is 0 Å². The molecule has 2 heterocycles. The van der Waals surface area contributed by atoms with Crippen molar-refractivity contribution >= 4 is 29.1 Å². The summed E-state index contributed by atoms with van der Waals surface area (Å²) < 4.78 is 0. The largest absolute Gasteiger partial charge is 0.336 e. The van der Waals surface area contributed by atoms with Gasteiger partial charge in [-0.25, -0.2) is 0 Å². The minimum absolute atomic E-state index is 0.00806. The van der Waals surface area contributed by atoms with Crippen LogP contribution in [0.4, 0.5) is 5.69 Å². The Morgan fingerprint density at radius 1 is 1.32 bits per heavy atom. The monoisotopic (exact) mass is 363 g/mol. The number of rotatable bonds is 4. The smallest absolute Gasteiger partial charge is 0.255 e. The Hall–Kier alpha value is -1.59. The third-order valence-electron chi connectivity index (χ3n) is 5.46. The standard InChI is InChI=1S/C19H26ClN3O2/c1-12-5-3-4-8-23(12)19(25)16-7-6-15(9-17(16)20)22-18(24)13(2)14-10-21-11-14/h6-7,9,12-14,21H,3-5,8,10-11H2,1-2H3,(H,22,24). The van der Waals surface area contributed by atoms with Gasteiger partial charge in [-0.05, 0) is 63.4 Å². The van der Waals surface area contributed by atoms with Crippen molar-refractivity contribution < 1.29 is 9.59 Å². The van der Waals surface area contributed by atoms with E-state index in [0.29, 0.717) is 22.2 Å². The molecule has 1 aromatic carbocycles. The highest BCUT2D eigenvalue weighted by Crippen LogP contribution is 2.26. The number of carbonyl (C=O) groups excluding carboxylic acids is 2. The van der Waals surface area contributed by atoms with Crippen LogP contribution in [-0.4, -0.2) is 42.4 Å². The summed E-state index contributed by atoms with van der Waals surface area (Å²) in [5.74, 6) is 0.308. The second kappa shape index (κ2) is 7.75. The maximum absolute atomic E-state index is 12.8. The van der Waals surface area contributed by atoms with E-state index in [1.807, 2.05) is 11.8 Å². The van der Waals surface area contributed by atoms with E-state index in [-0.39, 0.29) is 23.8 Å². The maximum atomic E-state index is 12.8. The van der Waals surface area contributed by atoms with Crippen molar-refractivity contribution in [2.75, 3.05) is 25.0 Å². The van der Waals surface area contributed by atoms with Crippen LogP contribution in [-0.2, 0) is 4.79 Å². The molecule has 0 radical (unpaired) electrons. The molecule has 2 amide bonds. The van der Waals surface area contributed by atoms with Gasteiger partial charge in [0.2, 0.25) is 5.91 Å². The van der Waals surface area contributed by atoms with Crippen LogP contribution in [0.3, 0.4) is 0 Å². The molecule has 6 heteroatoms. The van der Waals surface area contributed by atoms with Gasteiger partial charge in [-0.3, -0.25) is 9.59 Å². The lowest BCUT2D eigenvalue weighted by atomic mass is 9.88. The van der Waals surface area contributed by atoms with Crippen LogP contribution in [0.2, 0.25) is 5.02 Å². The van der Waals surface area contributed by atoms with Gasteiger partial charge in [0.05, 0.1) is 10.6 Å². The first-order valence-corrected chi connectivity index (χ1v) is 9.47. The quantitative estimate of drug-likeness (QED) is 0.863. The molecule has 3 rings (SSSR count). The van der Waals surface area contributed by atoms with E-state index in [1.54, 1.807) is 18.2 Å². The molecule has 0 spiro atoms. The van der Waals surface area contributed by atoms with Crippen molar-refractivity contribution in [3.8, 4) is 0 Å². The van der Waals surface area contributed by atoms with Crippen LogP contribution >= 0.6 is 11.6 Å². The average molecular weight is 364 g/mol. The Labute approximate surface area is 154 Å². The zero-order valence-corrected chi connectivity index (χ0v) is 15.6. The first kappa shape index (κ1) is 18.2. The number of amides is 2. The van der Waals surface area contributed by atoms with Gasteiger partial charge >= 0.3 is 0 Å². The van der Waals surface area contributed by atoms with E-state index in [0.717, 1.165) is 32.5 Å². The molecule has 2 N–H and O–H groups in total. The highest BCUT2D eigenvalue weighted by atomic mass is 35.5. The summed E-state index contributed by atoms with van der Waals surface area (Å²) in [6.45, 7) is 6.57. The molecule has 2 aliphatic rings. The normalized spacial score (nSPS) is 22.2. The zero-order valence-electron chi connectivity index (χ0n) is 14.8. The minimum atomic E-state index is -0.0458. The number of halogens is 1. The van der Waals surface area contributed by atoms with Gasteiger partial charge in [-0.2, -0.15) is 0 Å². The molecule has 1 aromatic rings. The number of hydrogen-bond donors (Lipinski definition) is 2. The molecule has 0 aliphatic carbocycles. The number of anilines is 1. The van der Waals surface area contributed by atoms with Crippen molar-refractivity contribution in [1.82, 2.24) is 10.2 Å². The van der Waals surface area contributed by atoms with E-state index >= 15 is 0 Å². The van der Waals surface area contributed by atoms with Crippen molar-refractivity contribution in [3.05, 3.63) is 28.8 Å². The minimum Gasteiger partial charge on any atom is -0.336 e. The Morgan fingerprint density at radius 2 is 2.08 bits per heavy atom. The second-order valence-corrected chi connectivity index (χ2v) is 7.64. The highest BCUT2D eigenvalue weighted by molar-refractivity contribution is 6.34. The molecule has 0 saturated carbocycles. The SMILES string of the molecule is CC(C(=O)Nc1ccc(C(=O)N2CCCCC2C)c(Cl)c1)C1CNC1. The average Bonchev–Trinajstić information content (AvgIpc) is 2.53. The van der Waals surface area contributed by atoms with Gasteiger partial charge in [-0.15, -0.1) is 0 Å². The number of likely N-dealkylation sites (tertiary alicyclic amines) is 1. The molecular formula is C19H26ClN3O2. The molecule has 25 heavy (non-hydrogen) atoms. The summed E-state index contributed by atoms with van der Waals surface area (Å²) in [7, 11) is 0. The number of carbonyl (C=O) groups is 2. The topological polar surface area (TPSA) is 61.4 Å². The fourth-order valence-corrected chi connectivity index (χ4v) is 3.72. The third kappa shape index (κ3) is 3.98. The van der Waals surface area contributed by atoms with Gasteiger partial charge in [0.1, 0.15) is 0 Å². The summed E-state index contributed by atoms with van der Waals surface area (Å²) >= 11 is 6.35. The zero-order chi connectivity index (χ0) is 18.0. The summed E-state index contributed by atoms with van der Waals surface area (Å²) in [5.41, 5.74) is 1.14. The Morgan fingerprint density at radius 3 is 2.68 bits per heavy atom. The van der Waals surface area contributed by atoms with Crippen LogP contribution in [0.15, 0.2) is 18.2 Å². The molecule has 136 valence electrons. The van der Waals surface area contributed by atoms with Crippen molar-refractivity contribution in [2.24, 2.45) is 11.8 Å². The lowest BCUT2D eigenvalue weighted by Gasteiger charge is -2.33. The van der Waals surface area contributed by atoms with Crippen molar-refractivity contribution in [1.29, 1.82) is 0 Å². The molecule has 2 unspecified atom stereocenters. The molecule has 2 atom stereocenters. The number of benzene rings is 1. The summed E-state index contributed by atoms with van der Waals surface area (Å²) in [6.07, 6.45) is 3.24. The van der Waals surface area contributed by atoms with Crippen molar-refractivity contribution in [2.45, 2.75) is 39.2 Å². The molecule has 2 aliphatic heterocycles. The molecule has 0 aromatic heterocycles. The fourth-order valence-electron chi connectivity index (χ4n) is 3.46. The predicted octanol–water partition coefficient (Wildman–Crippen LogP) is 3.15. The maximum Gasteiger partial charge on any atom is 0.255 e. The number of nitrogens with zero attached hydrogens (tertiary/aromatic N) is 1. The van der Waals surface area contributed by atoms with Gasteiger partial charge < -0.3 is 15.5 Å². The van der Waals surface area contributed by atoms with E-state index in [4.69, 9.17) is 11.6 Å². The third-order valence-corrected chi connectivity index (χ3v) is 5.78. The number of piperidine rings is 1. The Bertz CT molecular complexity index is 660. The first-order valence-electron chi connectivity index (χ1n) is 9.09. The van der Waals surface area contributed by atoms with E-state index in [2.05, 4.69) is 17.6 Å². The lowest BCUT2D eigenvalue weighted by molar-refractivity contribution is -0.121. The first-order chi connectivity index (χ1) is 12.0. The Kier molecular flexibility index (Phi) is 5.64. The summed E-state index contributed by atoms with van der Waals surface area (Å²) in [5, 5.41) is 6.48. The van der Waals surface area contributed by atoms with Gasteiger partial charge in [0.25, 0.3) is 5.91 Å². The second-order valence-electron chi connectivity index (χ2n) is 7.23. The summed E-state index contributed by atoms with van der Waals surface area (Å²) in [4.78, 5) is 27.0. The Balaban J connectivity index is 1.67. The van der Waals surface area contributed by atoms with Crippen LogP contribution < -0.4 is 10.6 Å². The van der Waals surface area contributed by atoms with Gasteiger partial charge in [0, 0.05) is 24.2 Å². The van der Waals surface area contributed by atoms with Gasteiger partial charge in [0.15, 0.2) is 0 Å². The molecule has 2 fully saturated rings. The van der Waals surface area contributed by atoms with E-state index in [1.165, 1.54) is 6.42 Å². The molecular weight excluding hydrogens is 338 g/mol.